The number of hydrogen-bond donors (Lipinski definition) is 1. The molecule has 4 rings (SSSR count). The van der Waals surface area contributed by atoms with Gasteiger partial charge in [-0.3, -0.25) is 9.20 Å². The Bertz CT molecular complexity index is 1070. The number of fused-ring (bicyclic) bond motifs is 1. The third kappa shape index (κ3) is 4.25. The molecule has 0 aromatic carbocycles. The summed E-state index contributed by atoms with van der Waals surface area (Å²) in [6.07, 6.45) is -0.528. The topological polar surface area (TPSA) is 70.7 Å². The summed E-state index contributed by atoms with van der Waals surface area (Å²) in [5.74, 6) is -0.301. The molecule has 0 radical (unpaired) electrons. The van der Waals surface area contributed by atoms with Crippen LogP contribution in [0.15, 0.2) is 35.6 Å². The molecule has 0 saturated carbocycles. The van der Waals surface area contributed by atoms with Gasteiger partial charge in [0, 0.05) is 30.4 Å². The summed E-state index contributed by atoms with van der Waals surface area (Å²) >= 11 is 2.26. The fraction of sp³-hybridized carbons (Fsp3) is 0.421. The van der Waals surface area contributed by atoms with Crippen LogP contribution in [0.3, 0.4) is 0 Å². The van der Waals surface area contributed by atoms with Crippen molar-refractivity contribution in [1.29, 1.82) is 0 Å². The van der Waals surface area contributed by atoms with Gasteiger partial charge in [0.2, 0.25) is 5.78 Å². The first-order valence-corrected chi connectivity index (χ1v) is 11.0. The van der Waals surface area contributed by atoms with Gasteiger partial charge in [-0.05, 0) is 38.1 Å². The van der Waals surface area contributed by atoms with E-state index in [9.17, 15) is 23.1 Å². The average molecular weight is 457 g/mol. The van der Waals surface area contributed by atoms with Crippen LogP contribution in [0.5, 0.6) is 0 Å². The summed E-state index contributed by atoms with van der Waals surface area (Å²) in [6, 6.07) is 4.38. The first kappa shape index (κ1) is 21.3. The number of ketones is 1. The second-order valence-corrected chi connectivity index (χ2v) is 9.36. The molecule has 1 N–H and O–H groups in total. The second-order valence-electron chi connectivity index (χ2n) is 7.29. The quantitative estimate of drug-likeness (QED) is 0.359. The number of nitrogens with zero attached hydrogens (tertiary/aromatic N) is 4. The van der Waals surface area contributed by atoms with Gasteiger partial charge in [-0.15, -0.1) is 11.3 Å². The molecule has 3 aromatic heterocycles. The van der Waals surface area contributed by atoms with Crippen LogP contribution in [0.4, 0.5) is 13.2 Å². The van der Waals surface area contributed by atoms with E-state index in [2.05, 4.69) is 14.9 Å². The van der Waals surface area contributed by atoms with Gasteiger partial charge in [-0.1, -0.05) is 11.8 Å². The van der Waals surface area contributed by atoms with Crippen molar-refractivity contribution >= 4 is 34.7 Å². The Morgan fingerprint density at radius 1 is 1.33 bits per heavy atom. The smallest absolute Gasteiger partial charge is 0.384 e. The van der Waals surface area contributed by atoms with Crippen LogP contribution in [-0.4, -0.2) is 56.0 Å². The molecule has 3 aromatic rings. The maximum atomic E-state index is 13.1. The number of halogens is 3. The van der Waals surface area contributed by atoms with E-state index in [1.807, 2.05) is 7.05 Å². The highest BCUT2D eigenvalue weighted by Crippen LogP contribution is 2.37. The van der Waals surface area contributed by atoms with Gasteiger partial charge < -0.3 is 10.0 Å². The minimum Gasteiger partial charge on any atom is -0.384 e. The average Bonchev–Trinajstić information content (AvgIpc) is 3.37. The maximum absolute atomic E-state index is 13.1. The van der Waals surface area contributed by atoms with Gasteiger partial charge in [0.05, 0.1) is 15.7 Å². The number of aliphatic hydroxyl groups is 1. The Hall–Kier alpha value is -1.95. The molecule has 1 fully saturated rings. The number of thioether (sulfide) groups is 1. The molecule has 1 aliphatic heterocycles. The molecular weight excluding hydrogens is 437 g/mol. The van der Waals surface area contributed by atoms with E-state index < -0.39 is 17.5 Å². The monoisotopic (exact) mass is 456 g/mol. The van der Waals surface area contributed by atoms with Crippen LogP contribution < -0.4 is 0 Å². The first-order chi connectivity index (χ1) is 14.2. The van der Waals surface area contributed by atoms with Gasteiger partial charge in [0.15, 0.2) is 11.5 Å². The lowest BCUT2D eigenvalue weighted by atomic mass is 9.90. The molecular formula is C19H19F3N4O2S2. The molecule has 0 bridgehead atoms. The Kier molecular flexibility index (Phi) is 5.64. The lowest BCUT2D eigenvalue weighted by Crippen LogP contribution is -2.40. The van der Waals surface area contributed by atoms with Crippen LogP contribution in [0, 0.1) is 0 Å². The van der Waals surface area contributed by atoms with Gasteiger partial charge in [0.1, 0.15) is 5.60 Å². The summed E-state index contributed by atoms with van der Waals surface area (Å²) in [6.45, 7) is 1.55. The molecule has 1 saturated heterocycles. The van der Waals surface area contributed by atoms with Crippen LogP contribution in [0.25, 0.3) is 5.78 Å². The zero-order chi connectivity index (χ0) is 21.5. The van der Waals surface area contributed by atoms with E-state index in [0.717, 1.165) is 35.8 Å². The number of thiophene rings is 1. The third-order valence-corrected chi connectivity index (χ3v) is 7.47. The lowest BCUT2D eigenvalue weighted by Gasteiger charge is -2.35. The number of alkyl halides is 3. The van der Waals surface area contributed by atoms with E-state index in [1.165, 1.54) is 28.1 Å². The number of Topliss-reactive ketones (excluding diaryl/α,β-unsaturated/α-hetero) is 1. The van der Waals surface area contributed by atoms with Crippen molar-refractivity contribution in [2.45, 2.75) is 29.6 Å². The Labute approximate surface area is 178 Å². The molecule has 0 unspecified atom stereocenters. The van der Waals surface area contributed by atoms with E-state index in [1.54, 1.807) is 12.1 Å². The SMILES string of the molecule is CN1CCC(O)(c2ccc(C(=O)CSc3cc(C(F)(F)F)nc4nccn34)s2)CC1. The Morgan fingerprint density at radius 2 is 2.07 bits per heavy atom. The molecule has 1 aliphatic rings. The number of piperidine rings is 1. The van der Waals surface area contributed by atoms with Crippen LogP contribution in [0.2, 0.25) is 0 Å². The van der Waals surface area contributed by atoms with Crippen molar-refractivity contribution in [3.05, 3.63) is 46.0 Å². The van der Waals surface area contributed by atoms with Crippen LogP contribution in [-0.2, 0) is 11.8 Å². The molecule has 4 heterocycles. The summed E-state index contributed by atoms with van der Waals surface area (Å²) in [4.78, 5) is 23.4. The molecule has 30 heavy (non-hydrogen) atoms. The lowest BCUT2D eigenvalue weighted by molar-refractivity contribution is -0.141. The number of carbonyl (C=O) groups is 1. The predicted octanol–water partition coefficient (Wildman–Crippen LogP) is 3.70. The molecule has 6 nitrogen and oxygen atoms in total. The molecule has 0 aliphatic carbocycles. The van der Waals surface area contributed by atoms with Crippen molar-refractivity contribution in [2.75, 3.05) is 25.9 Å². The number of aromatic nitrogens is 3. The molecule has 0 atom stereocenters. The van der Waals surface area contributed by atoms with Gasteiger partial charge in [-0.25, -0.2) is 9.97 Å². The van der Waals surface area contributed by atoms with Crippen LogP contribution in [0.1, 0.15) is 33.1 Å². The molecule has 0 spiro atoms. The minimum absolute atomic E-state index is 0.0320. The highest BCUT2D eigenvalue weighted by molar-refractivity contribution is 8.00. The van der Waals surface area contributed by atoms with Crippen molar-refractivity contribution in [2.24, 2.45) is 0 Å². The van der Waals surface area contributed by atoms with E-state index in [4.69, 9.17) is 0 Å². The summed E-state index contributed by atoms with van der Waals surface area (Å²) in [5.41, 5.74) is -1.97. The Morgan fingerprint density at radius 3 is 2.77 bits per heavy atom. The first-order valence-electron chi connectivity index (χ1n) is 9.24. The number of hydrogen-bond acceptors (Lipinski definition) is 7. The van der Waals surface area contributed by atoms with E-state index in [-0.39, 0.29) is 22.3 Å². The fourth-order valence-electron chi connectivity index (χ4n) is 3.32. The number of likely N-dealkylation sites (tertiary alicyclic amines) is 1. The van der Waals surface area contributed by atoms with Gasteiger partial charge >= 0.3 is 6.18 Å². The molecule has 0 amide bonds. The number of imidazole rings is 1. The summed E-state index contributed by atoms with van der Waals surface area (Å²) < 4.78 is 40.7. The summed E-state index contributed by atoms with van der Waals surface area (Å²) in [5, 5.41) is 11.1. The van der Waals surface area contributed by atoms with Gasteiger partial charge in [-0.2, -0.15) is 13.2 Å². The van der Waals surface area contributed by atoms with Gasteiger partial charge in [0.25, 0.3) is 0 Å². The second kappa shape index (κ2) is 7.95. The standard InChI is InChI=1S/C19H19F3N4O2S2/c1-25-7-4-18(28,5-8-25)15-3-2-13(30-15)12(27)11-29-16-10-14(19(20,21)22)24-17-23-6-9-26(16)17/h2-3,6,9-10,28H,4-5,7-8,11H2,1H3. The van der Waals surface area contributed by atoms with Crippen molar-refractivity contribution in [3.63, 3.8) is 0 Å². The zero-order valence-electron chi connectivity index (χ0n) is 16.0. The normalized spacial score (nSPS) is 17.5. The highest BCUT2D eigenvalue weighted by Gasteiger charge is 2.35. The molecule has 11 heteroatoms. The summed E-state index contributed by atoms with van der Waals surface area (Å²) in [7, 11) is 2.00. The van der Waals surface area contributed by atoms with E-state index >= 15 is 0 Å². The van der Waals surface area contributed by atoms with Crippen molar-refractivity contribution < 1.29 is 23.1 Å². The fourth-order valence-corrected chi connectivity index (χ4v) is 5.41. The maximum Gasteiger partial charge on any atom is 0.433 e. The largest absolute Gasteiger partial charge is 0.433 e. The third-order valence-electron chi connectivity index (χ3n) is 5.13. The van der Waals surface area contributed by atoms with E-state index in [0.29, 0.717) is 17.7 Å². The number of carbonyl (C=O) groups excluding carboxylic acids is 1. The van der Waals surface area contributed by atoms with Crippen LogP contribution >= 0.6 is 23.1 Å². The number of rotatable bonds is 5. The van der Waals surface area contributed by atoms with Crippen molar-refractivity contribution in [1.82, 2.24) is 19.3 Å². The molecule has 160 valence electrons. The minimum atomic E-state index is -4.60. The predicted molar refractivity (Wildman–Crippen MR) is 108 cm³/mol. The zero-order valence-corrected chi connectivity index (χ0v) is 17.6. The Balaban J connectivity index is 1.50. The highest BCUT2D eigenvalue weighted by atomic mass is 32.2. The van der Waals surface area contributed by atoms with Crippen molar-refractivity contribution in [3.8, 4) is 0 Å².